The summed E-state index contributed by atoms with van der Waals surface area (Å²) in [5, 5.41) is 0.511. The minimum atomic E-state index is -0.435. The Kier molecular flexibility index (Phi) is 2.87. The van der Waals surface area contributed by atoms with E-state index in [9.17, 15) is 4.79 Å². The number of fused-ring (bicyclic) bond motifs is 1. The predicted octanol–water partition coefficient (Wildman–Crippen LogP) is 2.11. The van der Waals surface area contributed by atoms with Crippen LogP contribution in [0.25, 0.3) is 5.65 Å². The monoisotopic (exact) mass is 236 g/mol. The summed E-state index contributed by atoms with van der Waals surface area (Å²) >= 11 is 4.29. The van der Waals surface area contributed by atoms with Crippen molar-refractivity contribution in [2.75, 3.05) is 6.61 Å². The fourth-order valence-electron chi connectivity index (χ4n) is 1.53. The predicted molar refractivity (Wildman–Crippen MR) is 63.1 cm³/mol. The number of imidazole rings is 1. The number of carbonyl (C=O) groups excluding carboxylic acids is 1. The third kappa shape index (κ3) is 1.67. The number of ether oxygens (including phenoxy) is 1. The van der Waals surface area contributed by atoms with E-state index < -0.39 is 5.97 Å². The number of aromatic nitrogens is 2. The van der Waals surface area contributed by atoms with E-state index in [1.54, 1.807) is 11.3 Å². The molecule has 0 aliphatic heterocycles. The standard InChI is InChI=1S/C11H12N2O2S/c1-3-15-11(14)8-10(16)13-6-4-5-7(2)9(13)12-8/h4-6,16H,3H2,1-2H3. The van der Waals surface area contributed by atoms with Gasteiger partial charge >= 0.3 is 5.97 Å². The Hall–Kier alpha value is -1.49. The summed E-state index contributed by atoms with van der Waals surface area (Å²) in [6.07, 6.45) is 1.82. The molecule has 0 saturated heterocycles. The summed E-state index contributed by atoms with van der Waals surface area (Å²) in [5.41, 5.74) is 1.99. The lowest BCUT2D eigenvalue weighted by Gasteiger charge is -1.98. The molecule has 0 N–H and O–H groups in total. The lowest BCUT2D eigenvalue weighted by Crippen LogP contribution is -2.05. The first-order valence-electron chi connectivity index (χ1n) is 4.99. The molecule has 0 radical (unpaired) electrons. The van der Waals surface area contributed by atoms with Crippen molar-refractivity contribution in [1.29, 1.82) is 0 Å². The van der Waals surface area contributed by atoms with Crippen molar-refractivity contribution in [2.24, 2.45) is 0 Å². The highest BCUT2D eigenvalue weighted by Gasteiger charge is 2.18. The molecule has 0 aliphatic carbocycles. The fraction of sp³-hybridized carbons (Fsp3) is 0.273. The first-order valence-corrected chi connectivity index (χ1v) is 5.43. The molecule has 0 saturated carbocycles. The molecule has 0 unspecified atom stereocenters. The van der Waals surface area contributed by atoms with Crippen LogP contribution in [0.3, 0.4) is 0 Å². The summed E-state index contributed by atoms with van der Waals surface area (Å²) in [7, 11) is 0. The minimum absolute atomic E-state index is 0.263. The normalized spacial score (nSPS) is 10.7. The molecule has 2 heterocycles. The first-order chi connectivity index (χ1) is 7.65. The Balaban J connectivity index is 2.60. The molecule has 4 nitrogen and oxygen atoms in total. The Morgan fingerprint density at radius 2 is 2.38 bits per heavy atom. The molecule has 2 rings (SSSR count). The van der Waals surface area contributed by atoms with Gasteiger partial charge < -0.3 is 4.74 Å². The molecule has 2 aromatic heterocycles. The zero-order chi connectivity index (χ0) is 11.7. The van der Waals surface area contributed by atoms with Crippen LogP contribution in [0.5, 0.6) is 0 Å². The SMILES string of the molecule is CCOC(=O)c1nc2c(C)cccn2c1S. The van der Waals surface area contributed by atoms with E-state index in [-0.39, 0.29) is 5.69 Å². The molecule has 0 aromatic carbocycles. The van der Waals surface area contributed by atoms with Gasteiger partial charge in [-0.05, 0) is 25.5 Å². The number of thiol groups is 1. The number of hydrogen-bond donors (Lipinski definition) is 1. The highest BCUT2D eigenvalue weighted by Crippen LogP contribution is 2.19. The molecular formula is C11H12N2O2S. The van der Waals surface area contributed by atoms with Crippen LogP contribution in [-0.4, -0.2) is 22.0 Å². The van der Waals surface area contributed by atoms with Crippen LogP contribution >= 0.6 is 12.6 Å². The molecule has 0 bridgehead atoms. The van der Waals surface area contributed by atoms with Crippen molar-refractivity contribution in [2.45, 2.75) is 18.9 Å². The van der Waals surface area contributed by atoms with Gasteiger partial charge in [-0.3, -0.25) is 4.40 Å². The number of hydrogen-bond acceptors (Lipinski definition) is 4. The lowest BCUT2D eigenvalue weighted by molar-refractivity contribution is 0.0516. The van der Waals surface area contributed by atoms with Crippen molar-refractivity contribution >= 4 is 24.2 Å². The summed E-state index contributed by atoms with van der Waals surface area (Å²) in [6, 6.07) is 3.82. The van der Waals surface area contributed by atoms with Gasteiger partial charge in [0.1, 0.15) is 10.7 Å². The van der Waals surface area contributed by atoms with Crippen LogP contribution in [0.15, 0.2) is 23.4 Å². The van der Waals surface area contributed by atoms with Crippen LogP contribution in [0.4, 0.5) is 0 Å². The quantitative estimate of drug-likeness (QED) is 0.641. The highest BCUT2D eigenvalue weighted by molar-refractivity contribution is 7.80. The summed E-state index contributed by atoms with van der Waals surface area (Å²) in [4.78, 5) is 15.8. The van der Waals surface area contributed by atoms with Gasteiger partial charge in [0.25, 0.3) is 0 Å². The van der Waals surface area contributed by atoms with Crippen LogP contribution < -0.4 is 0 Å². The number of aryl methyl sites for hydroxylation is 1. The molecule has 0 spiro atoms. The number of nitrogens with zero attached hydrogens (tertiary/aromatic N) is 2. The molecule has 0 fully saturated rings. The largest absolute Gasteiger partial charge is 0.461 e. The second kappa shape index (κ2) is 4.17. The molecule has 5 heteroatoms. The fourth-order valence-corrected chi connectivity index (χ4v) is 1.83. The number of pyridine rings is 1. The summed E-state index contributed by atoms with van der Waals surface area (Å²) in [5.74, 6) is -0.435. The average molecular weight is 236 g/mol. The van der Waals surface area contributed by atoms with Crippen molar-refractivity contribution in [3.8, 4) is 0 Å². The van der Waals surface area contributed by atoms with Gasteiger partial charge in [-0.15, -0.1) is 12.6 Å². The van der Waals surface area contributed by atoms with Crippen LogP contribution in [-0.2, 0) is 4.74 Å². The topological polar surface area (TPSA) is 43.6 Å². The Morgan fingerprint density at radius 3 is 3.00 bits per heavy atom. The van der Waals surface area contributed by atoms with E-state index in [1.807, 2.05) is 25.3 Å². The van der Waals surface area contributed by atoms with Gasteiger partial charge in [0, 0.05) is 6.20 Å². The van der Waals surface area contributed by atoms with E-state index in [1.165, 1.54) is 0 Å². The number of rotatable bonds is 2. The number of carbonyl (C=O) groups is 1. The molecule has 16 heavy (non-hydrogen) atoms. The second-order valence-electron chi connectivity index (χ2n) is 3.39. The second-order valence-corrected chi connectivity index (χ2v) is 3.81. The van der Waals surface area contributed by atoms with Crippen LogP contribution in [0, 0.1) is 6.92 Å². The lowest BCUT2D eigenvalue weighted by atomic mass is 10.3. The zero-order valence-corrected chi connectivity index (χ0v) is 9.99. The van der Waals surface area contributed by atoms with E-state index >= 15 is 0 Å². The zero-order valence-electron chi connectivity index (χ0n) is 9.10. The van der Waals surface area contributed by atoms with E-state index in [0.717, 1.165) is 11.2 Å². The Bertz CT molecular complexity index is 548. The van der Waals surface area contributed by atoms with Crippen molar-refractivity contribution < 1.29 is 9.53 Å². The summed E-state index contributed by atoms with van der Waals surface area (Å²) in [6.45, 7) is 4.03. The van der Waals surface area contributed by atoms with Gasteiger partial charge in [-0.2, -0.15) is 0 Å². The molecule has 2 aromatic rings. The third-order valence-electron chi connectivity index (χ3n) is 2.29. The molecule has 84 valence electrons. The first kappa shape index (κ1) is 11.0. The van der Waals surface area contributed by atoms with Gasteiger partial charge in [0.2, 0.25) is 0 Å². The van der Waals surface area contributed by atoms with Gasteiger partial charge in [0.15, 0.2) is 5.69 Å². The average Bonchev–Trinajstić information content (AvgIpc) is 2.59. The molecular weight excluding hydrogens is 224 g/mol. The third-order valence-corrected chi connectivity index (χ3v) is 2.72. The maximum absolute atomic E-state index is 11.6. The molecule has 0 amide bonds. The van der Waals surface area contributed by atoms with Crippen molar-refractivity contribution in [3.05, 3.63) is 29.6 Å². The maximum atomic E-state index is 11.6. The highest BCUT2D eigenvalue weighted by atomic mass is 32.1. The van der Waals surface area contributed by atoms with Crippen molar-refractivity contribution in [1.82, 2.24) is 9.38 Å². The molecule has 0 atom stereocenters. The Labute approximate surface area is 98.7 Å². The van der Waals surface area contributed by atoms with Gasteiger partial charge in [0.05, 0.1) is 6.61 Å². The number of esters is 1. The van der Waals surface area contributed by atoms with Gasteiger partial charge in [-0.1, -0.05) is 6.07 Å². The van der Waals surface area contributed by atoms with E-state index in [0.29, 0.717) is 11.6 Å². The maximum Gasteiger partial charge on any atom is 0.359 e. The smallest absolute Gasteiger partial charge is 0.359 e. The van der Waals surface area contributed by atoms with E-state index in [2.05, 4.69) is 17.6 Å². The van der Waals surface area contributed by atoms with Crippen LogP contribution in [0.2, 0.25) is 0 Å². The molecule has 0 aliphatic rings. The Morgan fingerprint density at radius 1 is 1.62 bits per heavy atom. The van der Waals surface area contributed by atoms with Crippen molar-refractivity contribution in [3.63, 3.8) is 0 Å². The minimum Gasteiger partial charge on any atom is -0.461 e. The van der Waals surface area contributed by atoms with E-state index in [4.69, 9.17) is 4.74 Å². The van der Waals surface area contributed by atoms with Gasteiger partial charge in [-0.25, -0.2) is 9.78 Å². The summed E-state index contributed by atoms with van der Waals surface area (Å²) < 4.78 is 6.68. The van der Waals surface area contributed by atoms with Crippen LogP contribution in [0.1, 0.15) is 23.0 Å².